The molecule has 1 saturated heterocycles. The van der Waals surface area contributed by atoms with Crippen molar-refractivity contribution in [2.75, 3.05) is 13.2 Å². The Hall–Kier alpha value is -2.37. The van der Waals surface area contributed by atoms with Gasteiger partial charge < -0.3 is 10.1 Å². The van der Waals surface area contributed by atoms with E-state index in [2.05, 4.69) is 5.32 Å². The third kappa shape index (κ3) is 3.04. The molecule has 0 bridgehead atoms. The van der Waals surface area contributed by atoms with E-state index in [9.17, 15) is 14.4 Å². The zero-order valence-electron chi connectivity index (χ0n) is 11.5. The number of nitrogens with zero attached hydrogens (tertiary/aromatic N) is 1. The van der Waals surface area contributed by atoms with Gasteiger partial charge in [-0.15, -0.1) is 0 Å². The van der Waals surface area contributed by atoms with E-state index in [0.717, 1.165) is 23.3 Å². The molecule has 0 spiro atoms. The molecule has 110 valence electrons. The second-order valence-corrected chi connectivity index (χ2v) is 5.31. The van der Waals surface area contributed by atoms with Crippen molar-refractivity contribution in [3.05, 3.63) is 35.9 Å². The number of carbonyl (C=O) groups excluding carboxylic acids is 3. The molecule has 6 nitrogen and oxygen atoms in total. The summed E-state index contributed by atoms with van der Waals surface area (Å²) in [5, 5.41) is 2.92. The summed E-state index contributed by atoms with van der Waals surface area (Å²) < 4.78 is 4.70. The van der Waals surface area contributed by atoms with Crippen LogP contribution in [0.1, 0.15) is 24.4 Å². The molecule has 3 rings (SSSR count). The van der Waals surface area contributed by atoms with Gasteiger partial charge in [0, 0.05) is 5.92 Å². The van der Waals surface area contributed by atoms with Crippen LogP contribution in [0.25, 0.3) is 0 Å². The molecular weight excluding hydrogens is 272 g/mol. The van der Waals surface area contributed by atoms with E-state index >= 15 is 0 Å². The van der Waals surface area contributed by atoms with Gasteiger partial charge in [0.15, 0.2) is 6.61 Å². The van der Waals surface area contributed by atoms with Crippen LogP contribution in [0.2, 0.25) is 0 Å². The first kappa shape index (κ1) is 13.6. The Morgan fingerprint density at radius 3 is 2.57 bits per heavy atom. The Balaban J connectivity index is 1.76. The summed E-state index contributed by atoms with van der Waals surface area (Å²) in [5.41, 5.74) is 0.860. The lowest BCUT2D eigenvalue weighted by Gasteiger charge is -2.22. The van der Waals surface area contributed by atoms with E-state index in [1.807, 2.05) is 30.3 Å². The lowest BCUT2D eigenvalue weighted by Crippen LogP contribution is -2.40. The zero-order valence-corrected chi connectivity index (χ0v) is 11.5. The molecule has 1 saturated carbocycles. The van der Waals surface area contributed by atoms with Crippen molar-refractivity contribution in [3.63, 3.8) is 0 Å². The molecule has 2 fully saturated rings. The van der Waals surface area contributed by atoms with Crippen molar-refractivity contribution in [2.45, 2.75) is 18.9 Å². The predicted molar refractivity (Wildman–Crippen MR) is 73.1 cm³/mol. The van der Waals surface area contributed by atoms with Crippen molar-refractivity contribution in [2.24, 2.45) is 5.92 Å². The number of nitrogens with one attached hydrogen (secondary N) is 1. The van der Waals surface area contributed by atoms with Crippen LogP contribution in [-0.2, 0) is 14.3 Å². The standard InChI is InChI=1S/C15H16N2O4/c18-13-9-21-15(20)17(13)8-12(10-4-2-1-3-5-10)16-14(19)11-6-7-11/h1-5,11-12H,6-9H2,(H,16,19)/t12-/m0/s1. The van der Waals surface area contributed by atoms with E-state index in [1.165, 1.54) is 0 Å². The van der Waals surface area contributed by atoms with Gasteiger partial charge in [0.25, 0.3) is 5.91 Å². The molecule has 1 aromatic rings. The van der Waals surface area contributed by atoms with Gasteiger partial charge in [-0.1, -0.05) is 30.3 Å². The Morgan fingerprint density at radius 1 is 1.29 bits per heavy atom. The first-order valence-corrected chi connectivity index (χ1v) is 6.97. The topological polar surface area (TPSA) is 75.7 Å². The number of cyclic esters (lactones) is 1. The van der Waals surface area contributed by atoms with E-state index in [1.54, 1.807) is 0 Å². The molecule has 3 amide bonds. The molecule has 1 atom stereocenters. The van der Waals surface area contributed by atoms with Crippen LogP contribution >= 0.6 is 0 Å². The van der Waals surface area contributed by atoms with Gasteiger partial charge in [-0.2, -0.15) is 0 Å². The minimum absolute atomic E-state index is 0.0242. The second kappa shape index (κ2) is 5.55. The maximum absolute atomic E-state index is 12.0. The van der Waals surface area contributed by atoms with Gasteiger partial charge in [0.2, 0.25) is 5.91 Å². The van der Waals surface area contributed by atoms with E-state index in [-0.39, 0.29) is 30.9 Å². The summed E-state index contributed by atoms with van der Waals surface area (Å²) >= 11 is 0. The fourth-order valence-electron chi connectivity index (χ4n) is 2.29. The number of amides is 3. The summed E-state index contributed by atoms with van der Waals surface area (Å²) in [6.07, 6.45) is 1.15. The Kier molecular flexibility index (Phi) is 3.60. The van der Waals surface area contributed by atoms with Crippen molar-refractivity contribution in [1.29, 1.82) is 0 Å². The largest absolute Gasteiger partial charge is 0.439 e. The van der Waals surface area contributed by atoms with E-state index in [4.69, 9.17) is 4.74 Å². The zero-order chi connectivity index (χ0) is 14.8. The fraction of sp³-hybridized carbons (Fsp3) is 0.400. The van der Waals surface area contributed by atoms with Crippen molar-refractivity contribution in [3.8, 4) is 0 Å². The minimum atomic E-state index is -0.651. The predicted octanol–water partition coefficient (Wildman–Crippen LogP) is 1.23. The number of benzene rings is 1. The molecule has 6 heteroatoms. The first-order valence-electron chi connectivity index (χ1n) is 6.97. The highest BCUT2D eigenvalue weighted by molar-refractivity contribution is 5.97. The summed E-state index contributed by atoms with van der Waals surface area (Å²) in [6, 6.07) is 8.91. The van der Waals surface area contributed by atoms with Gasteiger partial charge in [0.05, 0.1) is 12.6 Å². The van der Waals surface area contributed by atoms with Crippen LogP contribution in [0, 0.1) is 5.92 Å². The molecule has 0 aromatic heterocycles. The SMILES string of the molecule is O=C(N[C@@H](CN1C(=O)COC1=O)c1ccccc1)C1CC1. The lowest BCUT2D eigenvalue weighted by atomic mass is 10.1. The monoisotopic (exact) mass is 288 g/mol. The molecular formula is C15H16N2O4. The summed E-state index contributed by atoms with van der Waals surface area (Å²) in [4.78, 5) is 36.2. The number of rotatable bonds is 5. The van der Waals surface area contributed by atoms with E-state index in [0.29, 0.717) is 0 Å². The number of hydrogen-bond donors (Lipinski definition) is 1. The maximum Gasteiger partial charge on any atom is 0.417 e. The van der Waals surface area contributed by atoms with Crippen LogP contribution < -0.4 is 5.32 Å². The van der Waals surface area contributed by atoms with Crippen molar-refractivity contribution < 1.29 is 19.1 Å². The van der Waals surface area contributed by atoms with Crippen LogP contribution in [0.4, 0.5) is 4.79 Å². The van der Waals surface area contributed by atoms with Crippen LogP contribution in [0.3, 0.4) is 0 Å². The number of ether oxygens (including phenoxy) is 1. The van der Waals surface area contributed by atoms with Crippen LogP contribution in [0.15, 0.2) is 30.3 Å². The maximum atomic E-state index is 12.0. The molecule has 1 aromatic carbocycles. The first-order chi connectivity index (χ1) is 10.1. The molecule has 1 aliphatic heterocycles. The fourth-order valence-corrected chi connectivity index (χ4v) is 2.29. The minimum Gasteiger partial charge on any atom is -0.439 e. The van der Waals surface area contributed by atoms with E-state index < -0.39 is 12.1 Å². The van der Waals surface area contributed by atoms with Crippen molar-refractivity contribution in [1.82, 2.24) is 10.2 Å². The molecule has 0 unspecified atom stereocenters. The molecule has 1 aliphatic carbocycles. The van der Waals surface area contributed by atoms with Gasteiger partial charge in [-0.05, 0) is 18.4 Å². The highest BCUT2D eigenvalue weighted by Crippen LogP contribution is 2.30. The molecule has 0 radical (unpaired) electrons. The number of hydrogen-bond acceptors (Lipinski definition) is 4. The van der Waals surface area contributed by atoms with Crippen LogP contribution in [0.5, 0.6) is 0 Å². The lowest BCUT2D eigenvalue weighted by molar-refractivity contribution is -0.127. The Morgan fingerprint density at radius 2 is 2.00 bits per heavy atom. The van der Waals surface area contributed by atoms with Crippen LogP contribution in [-0.4, -0.2) is 36.0 Å². The molecule has 1 N–H and O–H groups in total. The Bertz CT molecular complexity index is 552. The Labute approximate surface area is 122 Å². The molecule has 2 aliphatic rings. The smallest absolute Gasteiger partial charge is 0.417 e. The summed E-state index contributed by atoms with van der Waals surface area (Å²) in [6.45, 7) is -0.128. The summed E-state index contributed by atoms with van der Waals surface area (Å²) in [7, 11) is 0. The normalized spacial score (nSPS) is 19.3. The highest BCUT2D eigenvalue weighted by Gasteiger charge is 2.36. The average molecular weight is 288 g/mol. The van der Waals surface area contributed by atoms with Crippen molar-refractivity contribution >= 4 is 17.9 Å². The number of carbonyl (C=O) groups is 3. The third-order valence-electron chi connectivity index (χ3n) is 3.67. The van der Waals surface area contributed by atoms with Gasteiger partial charge in [-0.3, -0.25) is 9.59 Å². The second-order valence-electron chi connectivity index (χ2n) is 5.31. The van der Waals surface area contributed by atoms with Gasteiger partial charge in [0.1, 0.15) is 0 Å². The van der Waals surface area contributed by atoms with Gasteiger partial charge >= 0.3 is 6.09 Å². The molecule has 21 heavy (non-hydrogen) atoms. The number of imide groups is 1. The highest BCUT2D eigenvalue weighted by atomic mass is 16.6. The van der Waals surface area contributed by atoms with Gasteiger partial charge in [-0.25, -0.2) is 9.69 Å². The third-order valence-corrected chi connectivity index (χ3v) is 3.67. The molecule has 1 heterocycles. The summed E-state index contributed by atoms with van der Waals surface area (Å²) in [5.74, 6) is -0.331. The quantitative estimate of drug-likeness (QED) is 0.884. The average Bonchev–Trinajstić information content (AvgIpc) is 3.30.